The fourth-order valence-corrected chi connectivity index (χ4v) is 3.11. The maximum atomic E-state index is 11.6. The first-order valence-electron chi connectivity index (χ1n) is 6.40. The Labute approximate surface area is 140 Å². The Kier molecular flexibility index (Phi) is 5.57. The van der Waals surface area contributed by atoms with E-state index in [9.17, 15) is 14.9 Å². The van der Waals surface area contributed by atoms with Crippen LogP contribution in [0.25, 0.3) is 0 Å². The van der Waals surface area contributed by atoms with Gasteiger partial charge in [0, 0.05) is 26.4 Å². The summed E-state index contributed by atoms with van der Waals surface area (Å²) in [5.41, 5.74) is 0.530. The lowest BCUT2D eigenvalue weighted by Crippen LogP contribution is -2.03. The standard InChI is InChI=1S/C15H12BrNO4S/c1-2-21-15(18)10-3-6-12(7-4-10)22-14-8-5-11(17(19)20)9-13(14)16/h3-9H,2H2,1H3. The predicted molar refractivity (Wildman–Crippen MR) is 87.3 cm³/mol. The molecule has 0 heterocycles. The first-order chi connectivity index (χ1) is 10.5. The summed E-state index contributed by atoms with van der Waals surface area (Å²) in [7, 11) is 0. The highest BCUT2D eigenvalue weighted by molar-refractivity contribution is 9.10. The average molecular weight is 382 g/mol. The Morgan fingerprint density at radius 3 is 2.50 bits per heavy atom. The van der Waals surface area contributed by atoms with Crippen molar-refractivity contribution in [1.82, 2.24) is 0 Å². The molecule has 0 aliphatic carbocycles. The second kappa shape index (κ2) is 7.42. The largest absolute Gasteiger partial charge is 0.462 e. The average Bonchev–Trinajstić information content (AvgIpc) is 2.50. The number of nitro benzene ring substituents is 1. The van der Waals surface area contributed by atoms with Crippen LogP contribution in [0.2, 0.25) is 0 Å². The molecule has 0 bridgehead atoms. The van der Waals surface area contributed by atoms with E-state index in [0.717, 1.165) is 9.79 Å². The van der Waals surface area contributed by atoms with Crippen LogP contribution < -0.4 is 0 Å². The van der Waals surface area contributed by atoms with E-state index in [4.69, 9.17) is 4.74 Å². The zero-order valence-electron chi connectivity index (χ0n) is 11.6. The minimum absolute atomic E-state index is 0.0360. The van der Waals surface area contributed by atoms with Crippen molar-refractivity contribution in [3.63, 3.8) is 0 Å². The van der Waals surface area contributed by atoms with Gasteiger partial charge in [0.15, 0.2) is 0 Å². The molecule has 22 heavy (non-hydrogen) atoms. The minimum Gasteiger partial charge on any atom is -0.462 e. The van der Waals surface area contributed by atoms with Crippen molar-refractivity contribution in [3.8, 4) is 0 Å². The van der Waals surface area contributed by atoms with E-state index < -0.39 is 4.92 Å². The van der Waals surface area contributed by atoms with Crippen LogP contribution in [-0.2, 0) is 4.74 Å². The molecule has 0 aromatic heterocycles. The van der Waals surface area contributed by atoms with Crippen molar-refractivity contribution in [1.29, 1.82) is 0 Å². The van der Waals surface area contributed by atoms with Gasteiger partial charge in [0.25, 0.3) is 5.69 Å². The van der Waals surface area contributed by atoms with Crippen molar-refractivity contribution >= 4 is 39.3 Å². The van der Waals surface area contributed by atoms with E-state index in [1.165, 1.54) is 23.9 Å². The van der Waals surface area contributed by atoms with Gasteiger partial charge in [0.05, 0.1) is 17.1 Å². The van der Waals surface area contributed by atoms with Crippen molar-refractivity contribution in [2.45, 2.75) is 16.7 Å². The van der Waals surface area contributed by atoms with Gasteiger partial charge < -0.3 is 4.74 Å². The zero-order valence-corrected chi connectivity index (χ0v) is 14.0. The molecule has 0 saturated carbocycles. The molecule has 0 fully saturated rings. The van der Waals surface area contributed by atoms with E-state index in [0.29, 0.717) is 16.6 Å². The normalized spacial score (nSPS) is 10.3. The summed E-state index contributed by atoms with van der Waals surface area (Å²) in [4.78, 5) is 23.6. The van der Waals surface area contributed by atoms with Gasteiger partial charge in [-0.05, 0) is 53.2 Å². The summed E-state index contributed by atoms with van der Waals surface area (Å²) in [6.45, 7) is 2.10. The molecular weight excluding hydrogens is 370 g/mol. The van der Waals surface area contributed by atoms with Crippen molar-refractivity contribution < 1.29 is 14.5 Å². The number of hydrogen-bond acceptors (Lipinski definition) is 5. The number of nitro groups is 1. The quantitative estimate of drug-likeness (QED) is 0.427. The molecule has 0 aliphatic heterocycles. The maximum Gasteiger partial charge on any atom is 0.338 e. The lowest BCUT2D eigenvalue weighted by molar-refractivity contribution is -0.385. The van der Waals surface area contributed by atoms with Crippen LogP contribution in [0.15, 0.2) is 56.7 Å². The molecule has 0 amide bonds. The van der Waals surface area contributed by atoms with Crippen LogP contribution in [0.4, 0.5) is 5.69 Å². The molecule has 0 spiro atoms. The second-order valence-corrected chi connectivity index (χ2v) is 6.19. The van der Waals surface area contributed by atoms with Gasteiger partial charge in [0.2, 0.25) is 0 Å². The fraction of sp³-hybridized carbons (Fsp3) is 0.133. The summed E-state index contributed by atoms with van der Waals surface area (Å²) < 4.78 is 5.58. The number of benzene rings is 2. The lowest BCUT2D eigenvalue weighted by Gasteiger charge is -2.06. The molecule has 5 nitrogen and oxygen atoms in total. The van der Waals surface area contributed by atoms with Crippen LogP contribution in [0.3, 0.4) is 0 Å². The number of carbonyl (C=O) groups is 1. The third kappa shape index (κ3) is 4.08. The molecule has 0 radical (unpaired) electrons. The first kappa shape index (κ1) is 16.5. The highest BCUT2D eigenvalue weighted by atomic mass is 79.9. The summed E-state index contributed by atoms with van der Waals surface area (Å²) in [6, 6.07) is 11.6. The van der Waals surface area contributed by atoms with Gasteiger partial charge in [-0.25, -0.2) is 4.79 Å². The fourth-order valence-electron chi connectivity index (χ4n) is 1.69. The molecule has 7 heteroatoms. The zero-order chi connectivity index (χ0) is 16.1. The van der Waals surface area contributed by atoms with Crippen molar-refractivity contribution in [2.75, 3.05) is 6.61 Å². The third-order valence-electron chi connectivity index (χ3n) is 2.72. The van der Waals surface area contributed by atoms with E-state index in [1.54, 1.807) is 25.1 Å². The van der Waals surface area contributed by atoms with Crippen LogP contribution >= 0.6 is 27.7 Å². The molecule has 0 unspecified atom stereocenters. The number of ether oxygens (including phenoxy) is 1. The number of hydrogen-bond donors (Lipinski definition) is 0. The minimum atomic E-state index is -0.437. The number of non-ortho nitro benzene ring substituents is 1. The van der Waals surface area contributed by atoms with Gasteiger partial charge in [-0.1, -0.05) is 11.8 Å². The van der Waals surface area contributed by atoms with E-state index in [-0.39, 0.29) is 11.7 Å². The summed E-state index contributed by atoms with van der Waals surface area (Å²) >= 11 is 4.78. The van der Waals surface area contributed by atoms with E-state index >= 15 is 0 Å². The number of esters is 1. The van der Waals surface area contributed by atoms with Crippen molar-refractivity contribution in [2.24, 2.45) is 0 Å². The summed E-state index contributed by atoms with van der Waals surface area (Å²) in [6.07, 6.45) is 0. The van der Waals surface area contributed by atoms with Crippen LogP contribution in [0.5, 0.6) is 0 Å². The van der Waals surface area contributed by atoms with Crippen molar-refractivity contribution in [3.05, 3.63) is 62.6 Å². The number of carbonyl (C=O) groups excluding carboxylic acids is 1. The lowest BCUT2D eigenvalue weighted by atomic mass is 10.2. The second-order valence-electron chi connectivity index (χ2n) is 4.22. The van der Waals surface area contributed by atoms with E-state index in [2.05, 4.69) is 15.9 Å². The Morgan fingerprint density at radius 2 is 1.95 bits per heavy atom. The third-order valence-corrected chi connectivity index (χ3v) is 4.72. The maximum absolute atomic E-state index is 11.6. The topological polar surface area (TPSA) is 69.4 Å². The van der Waals surface area contributed by atoms with Gasteiger partial charge >= 0.3 is 5.97 Å². The van der Waals surface area contributed by atoms with Gasteiger partial charge in [-0.3, -0.25) is 10.1 Å². The summed E-state index contributed by atoms with van der Waals surface area (Å²) in [5, 5.41) is 10.7. The monoisotopic (exact) mass is 381 g/mol. The number of rotatable bonds is 5. The van der Waals surface area contributed by atoms with Gasteiger partial charge in [-0.15, -0.1) is 0 Å². The molecule has 114 valence electrons. The highest BCUT2D eigenvalue weighted by Gasteiger charge is 2.11. The van der Waals surface area contributed by atoms with E-state index in [1.807, 2.05) is 12.1 Å². The Balaban J connectivity index is 2.14. The Morgan fingerprint density at radius 1 is 1.27 bits per heavy atom. The molecule has 0 N–H and O–H groups in total. The number of halogens is 1. The van der Waals surface area contributed by atoms with Crippen LogP contribution in [-0.4, -0.2) is 17.5 Å². The molecule has 2 aromatic carbocycles. The Hall–Kier alpha value is -1.86. The predicted octanol–water partition coefficient (Wildman–Crippen LogP) is 4.69. The molecular formula is C15H12BrNO4S. The molecule has 2 aromatic rings. The molecule has 0 saturated heterocycles. The SMILES string of the molecule is CCOC(=O)c1ccc(Sc2ccc([N+](=O)[O-])cc2Br)cc1. The summed E-state index contributed by atoms with van der Waals surface area (Å²) in [5.74, 6) is -0.351. The smallest absolute Gasteiger partial charge is 0.338 e. The van der Waals surface area contributed by atoms with Crippen LogP contribution in [0, 0.1) is 10.1 Å². The van der Waals surface area contributed by atoms with Crippen LogP contribution in [0.1, 0.15) is 17.3 Å². The molecule has 0 aliphatic rings. The Bertz CT molecular complexity index is 703. The number of nitrogens with zero attached hydrogens (tertiary/aromatic N) is 1. The first-order valence-corrected chi connectivity index (χ1v) is 8.01. The molecule has 2 rings (SSSR count). The molecule has 0 atom stereocenters. The van der Waals surface area contributed by atoms with Gasteiger partial charge in [-0.2, -0.15) is 0 Å². The van der Waals surface area contributed by atoms with Gasteiger partial charge in [0.1, 0.15) is 0 Å². The highest BCUT2D eigenvalue weighted by Crippen LogP contribution is 2.35.